The summed E-state index contributed by atoms with van der Waals surface area (Å²) in [6.07, 6.45) is 0.155. The quantitative estimate of drug-likeness (QED) is 0.624. The number of hydrogen-bond donors (Lipinski definition) is 2. The summed E-state index contributed by atoms with van der Waals surface area (Å²) in [5.74, 6) is -0.800. The van der Waals surface area contributed by atoms with Gasteiger partial charge in [-0.1, -0.05) is 23.7 Å². The zero-order valence-corrected chi connectivity index (χ0v) is 16.0. The van der Waals surface area contributed by atoms with E-state index in [4.69, 9.17) is 11.6 Å². The number of nitrogens with zero attached hydrogens (tertiary/aromatic N) is 1. The summed E-state index contributed by atoms with van der Waals surface area (Å²) in [7, 11) is 0. The monoisotopic (exact) mass is 399 g/mol. The molecule has 0 saturated carbocycles. The maximum Gasteiger partial charge on any atom is 0.253 e. The van der Waals surface area contributed by atoms with Crippen LogP contribution in [0.3, 0.4) is 0 Å². The van der Waals surface area contributed by atoms with Crippen molar-refractivity contribution in [2.45, 2.75) is 13.3 Å². The largest absolute Gasteiger partial charge is 0.354 e. The number of hydrogen-bond acceptors (Lipinski definition) is 3. The van der Waals surface area contributed by atoms with Gasteiger partial charge in [-0.3, -0.25) is 14.6 Å². The highest BCUT2D eigenvalue weighted by atomic mass is 35.5. The van der Waals surface area contributed by atoms with Crippen LogP contribution in [-0.2, 0) is 11.2 Å². The van der Waals surface area contributed by atoms with Gasteiger partial charge in [0.15, 0.2) is 0 Å². The summed E-state index contributed by atoms with van der Waals surface area (Å²) in [5.41, 5.74) is 2.58. The third kappa shape index (κ3) is 5.04. The lowest BCUT2D eigenvalue weighted by atomic mass is 10.1. The molecule has 7 heteroatoms. The predicted octanol–water partition coefficient (Wildman–Crippen LogP) is 3.42. The van der Waals surface area contributed by atoms with Gasteiger partial charge in [0.1, 0.15) is 5.82 Å². The van der Waals surface area contributed by atoms with Gasteiger partial charge in [-0.15, -0.1) is 0 Å². The van der Waals surface area contributed by atoms with Crippen LogP contribution in [0.2, 0.25) is 5.02 Å². The maximum atomic E-state index is 12.9. The number of pyridine rings is 1. The van der Waals surface area contributed by atoms with E-state index in [1.54, 1.807) is 37.3 Å². The van der Waals surface area contributed by atoms with Crippen molar-refractivity contribution in [3.05, 3.63) is 76.2 Å². The SMILES string of the molecule is Cc1nc2ccc(Cl)cc2cc1C(=O)NCCNC(=O)Cc1ccc(F)cc1. The molecule has 144 valence electrons. The topological polar surface area (TPSA) is 71.1 Å². The van der Waals surface area contributed by atoms with Crippen LogP contribution in [0.15, 0.2) is 48.5 Å². The highest BCUT2D eigenvalue weighted by Crippen LogP contribution is 2.20. The molecule has 2 aromatic carbocycles. The fourth-order valence-corrected chi connectivity index (χ4v) is 2.98. The van der Waals surface area contributed by atoms with Gasteiger partial charge in [-0.25, -0.2) is 4.39 Å². The third-order valence-corrected chi connectivity index (χ3v) is 4.46. The minimum absolute atomic E-state index is 0.155. The van der Waals surface area contributed by atoms with E-state index in [0.29, 0.717) is 16.3 Å². The summed E-state index contributed by atoms with van der Waals surface area (Å²) in [6.45, 7) is 2.34. The Hall–Kier alpha value is -2.99. The molecule has 2 amide bonds. The number of benzene rings is 2. The van der Waals surface area contributed by atoms with Crippen molar-refractivity contribution in [2.24, 2.45) is 0 Å². The summed E-state index contributed by atoms with van der Waals surface area (Å²) < 4.78 is 12.9. The van der Waals surface area contributed by atoms with E-state index in [1.165, 1.54) is 12.1 Å². The Morgan fingerprint density at radius 3 is 2.50 bits per heavy atom. The second-order valence-corrected chi connectivity index (χ2v) is 6.80. The first-order valence-electron chi connectivity index (χ1n) is 8.78. The van der Waals surface area contributed by atoms with Gasteiger partial charge in [0.05, 0.1) is 23.2 Å². The second-order valence-electron chi connectivity index (χ2n) is 6.37. The highest BCUT2D eigenvalue weighted by molar-refractivity contribution is 6.31. The first-order chi connectivity index (χ1) is 13.4. The Kier molecular flexibility index (Phi) is 6.21. The lowest BCUT2D eigenvalue weighted by molar-refractivity contribution is -0.120. The Bertz CT molecular complexity index is 1020. The molecule has 0 atom stereocenters. The molecule has 0 fully saturated rings. The molecule has 1 aromatic heterocycles. The van der Waals surface area contributed by atoms with Gasteiger partial charge < -0.3 is 10.6 Å². The smallest absolute Gasteiger partial charge is 0.253 e. The van der Waals surface area contributed by atoms with Crippen LogP contribution < -0.4 is 10.6 Å². The van der Waals surface area contributed by atoms with Crippen LogP contribution in [0, 0.1) is 12.7 Å². The molecule has 28 heavy (non-hydrogen) atoms. The zero-order chi connectivity index (χ0) is 20.1. The number of amides is 2. The third-order valence-electron chi connectivity index (χ3n) is 4.22. The van der Waals surface area contributed by atoms with Crippen molar-refractivity contribution in [2.75, 3.05) is 13.1 Å². The van der Waals surface area contributed by atoms with Crippen LogP contribution >= 0.6 is 11.6 Å². The minimum atomic E-state index is -0.340. The van der Waals surface area contributed by atoms with E-state index < -0.39 is 0 Å². The molecule has 3 rings (SSSR count). The fraction of sp³-hybridized carbons (Fsp3) is 0.190. The Labute approximate surface area is 166 Å². The summed E-state index contributed by atoms with van der Waals surface area (Å²) >= 11 is 6.00. The molecule has 0 spiro atoms. The predicted molar refractivity (Wildman–Crippen MR) is 107 cm³/mol. The number of aromatic nitrogens is 1. The van der Waals surface area contributed by atoms with Crippen LogP contribution in [0.1, 0.15) is 21.6 Å². The number of halogens is 2. The molecule has 3 aromatic rings. The van der Waals surface area contributed by atoms with E-state index in [-0.39, 0.29) is 37.1 Å². The van der Waals surface area contributed by atoms with E-state index in [9.17, 15) is 14.0 Å². The second kappa shape index (κ2) is 8.80. The van der Waals surface area contributed by atoms with Crippen molar-refractivity contribution in [3.8, 4) is 0 Å². The zero-order valence-electron chi connectivity index (χ0n) is 15.3. The summed E-state index contributed by atoms with van der Waals surface area (Å²) in [5, 5.41) is 6.86. The van der Waals surface area contributed by atoms with Crippen molar-refractivity contribution < 1.29 is 14.0 Å². The molecule has 5 nitrogen and oxygen atoms in total. The van der Waals surface area contributed by atoms with Gasteiger partial charge in [0.25, 0.3) is 5.91 Å². The highest BCUT2D eigenvalue weighted by Gasteiger charge is 2.12. The lowest BCUT2D eigenvalue weighted by Crippen LogP contribution is -2.35. The summed E-state index contributed by atoms with van der Waals surface area (Å²) in [6, 6.07) is 12.8. The molecule has 0 aliphatic rings. The van der Waals surface area contributed by atoms with Gasteiger partial charge in [0.2, 0.25) is 5.91 Å². The van der Waals surface area contributed by atoms with Crippen LogP contribution in [0.5, 0.6) is 0 Å². The standard InChI is InChI=1S/C21H19ClFN3O2/c1-13-18(12-15-11-16(22)4-7-19(15)26-13)21(28)25-9-8-24-20(27)10-14-2-5-17(23)6-3-14/h2-7,11-12H,8-10H2,1H3,(H,24,27)(H,25,28). The Balaban J connectivity index is 1.51. The Morgan fingerprint density at radius 2 is 1.75 bits per heavy atom. The maximum absolute atomic E-state index is 12.9. The molecule has 1 heterocycles. The average Bonchev–Trinajstić information content (AvgIpc) is 2.66. The summed E-state index contributed by atoms with van der Waals surface area (Å²) in [4.78, 5) is 28.8. The van der Waals surface area contributed by atoms with Crippen molar-refractivity contribution >= 4 is 34.3 Å². The van der Waals surface area contributed by atoms with E-state index in [0.717, 1.165) is 16.5 Å². The van der Waals surface area contributed by atoms with Crippen LogP contribution in [-0.4, -0.2) is 29.9 Å². The van der Waals surface area contributed by atoms with E-state index in [1.807, 2.05) is 6.07 Å². The van der Waals surface area contributed by atoms with Crippen molar-refractivity contribution in [3.63, 3.8) is 0 Å². The number of rotatable bonds is 6. The first-order valence-corrected chi connectivity index (χ1v) is 9.16. The minimum Gasteiger partial charge on any atom is -0.354 e. The van der Waals surface area contributed by atoms with Crippen LogP contribution in [0.25, 0.3) is 10.9 Å². The average molecular weight is 400 g/mol. The number of carbonyl (C=O) groups is 2. The number of nitrogens with one attached hydrogen (secondary N) is 2. The molecule has 2 N–H and O–H groups in total. The normalized spacial score (nSPS) is 10.7. The molecule has 0 aliphatic carbocycles. The van der Waals surface area contributed by atoms with Crippen molar-refractivity contribution in [1.29, 1.82) is 0 Å². The number of fused-ring (bicyclic) bond motifs is 1. The molecule has 0 aliphatic heterocycles. The van der Waals surface area contributed by atoms with Crippen LogP contribution in [0.4, 0.5) is 4.39 Å². The molecule has 0 bridgehead atoms. The van der Waals surface area contributed by atoms with E-state index in [2.05, 4.69) is 15.6 Å². The van der Waals surface area contributed by atoms with Gasteiger partial charge in [0, 0.05) is 23.5 Å². The number of aryl methyl sites for hydroxylation is 1. The van der Waals surface area contributed by atoms with Crippen molar-refractivity contribution in [1.82, 2.24) is 15.6 Å². The number of carbonyl (C=O) groups excluding carboxylic acids is 2. The Morgan fingerprint density at radius 1 is 1.04 bits per heavy atom. The molecular weight excluding hydrogens is 381 g/mol. The van der Waals surface area contributed by atoms with Gasteiger partial charge >= 0.3 is 0 Å². The first kappa shape index (κ1) is 19.8. The molecular formula is C21H19ClFN3O2. The van der Waals surface area contributed by atoms with Gasteiger partial charge in [-0.2, -0.15) is 0 Å². The fourth-order valence-electron chi connectivity index (χ4n) is 2.80. The molecule has 0 unspecified atom stereocenters. The van der Waals surface area contributed by atoms with Gasteiger partial charge in [-0.05, 0) is 48.9 Å². The molecule has 0 saturated heterocycles. The molecule has 0 radical (unpaired) electrons. The lowest BCUT2D eigenvalue weighted by Gasteiger charge is -2.10. The van der Waals surface area contributed by atoms with E-state index >= 15 is 0 Å².